The van der Waals surface area contributed by atoms with Gasteiger partial charge in [-0.1, -0.05) is 55.0 Å². The Hall–Kier alpha value is -3.35. The van der Waals surface area contributed by atoms with E-state index in [0.29, 0.717) is 6.42 Å². The molecule has 0 unspecified atom stereocenters. The van der Waals surface area contributed by atoms with Gasteiger partial charge >= 0.3 is 12.1 Å². The lowest BCUT2D eigenvalue weighted by Crippen LogP contribution is -2.55. The number of nitrogens with zero attached hydrogens (tertiary/aromatic N) is 1. The zero-order chi connectivity index (χ0) is 22.9. The van der Waals surface area contributed by atoms with E-state index in [1.54, 1.807) is 4.90 Å². The zero-order valence-corrected chi connectivity index (χ0v) is 18.4. The van der Waals surface area contributed by atoms with Gasteiger partial charge in [-0.15, -0.1) is 0 Å². The molecule has 1 aliphatic heterocycles. The maximum Gasteiger partial charge on any atom is 0.407 e. The first kappa shape index (κ1) is 21.5. The Kier molecular flexibility index (Phi) is 5.79. The summed E-state index contributed by atoms with van der Waals surface area (Å²) in [5, 5.41) is 12.0. The fraction of sp³-hybridized carbons (Fsp3) is 0.423. The second-order valence-electron chi connectivity index (χ2n) is 9.31. The van der Waals surface area contributed by atoms with Crippen LogP contribution in [0.1, 0.15) is 42.7 Å². The molecule has 0 aromatic heterocycles. The molecule has 5 rings (SSSR count). The van der Waals surface area contributed by atoms with E-state index in [-0.39, 0.29) is 43.5 Å². The molecule has 0 radical (unpaired) electrons. The molecular weight excluding hydrogens is 420 g/mol. The number of likely N-dealkylation sites (tertiary alicyclic amines) is 1. The highest BCUT2D eigenvalue weighted by molar-refractivity contribution is 5.83. The van der Waals surface area contributed by atoms with Gasteiger partial charge in [0.1, 0.15) is 6.61 Å². The lowest BCUT2D eigenvalue weighted by atomic mass is 9.83. The molecule has 1 saturated carbocycles. The number of carboxylic acids is 1. The fourth-order valence-corrected chi connectivity index (χ4v) is 5.42. The molecule has 3 aliphatic rings. The first-order valence-electron chi connectivity index (χ1n) is 11.6. The third-order valence-corrected chi connectivity index (χ3v) is 7.23. The molecule has 2 amide bonds. The number of aliphatic carboxylic acids is 1. The van der Waals surface area contributed by atoms with Gasteiger partial charge < -0.3 is 20.1 Å². The Morgan fingerprint density at radius 2 is 1.58 bits per heavy atom. The monoisotopic (exact) mass is 448 g/mol. The number of amides is 2. The van der Waals surface area contributed by atoms with E-state index in [2.05, 4.69) is 29.6 Å². The molecule has 1 saturated heterocycles. The summed E-state index contributed by atoms with van der Waals surface area (Å²) >= 11 is 0. The normalized spacial score (nSPS) is 22.1. The second kappa shape index (κ2) is 8.89. The SMILES string of the molecule is O=C(N[C@@H]1CCC[C@H](C(=O)N2CC(C(=O)O)C2)C1)OCC1c2ccccc2-c2ccccc21. The summed E-state index contributed by atoms with van der Waals surface area (Å²) in [6.45, 7) is 0.837. The van der Waals surface area contributed by atoms with Crippen LogP contribution in [0.3, 0.4) is 0 Å². The molecule has 1 heterocycles. The zero-order valence-electron chi connectivity index (χ0n) is 18.4. The minimum absolute atomic E-state index is 0.00605. The largest absolute Gasteiger partial charge is 0.481 e. The van der Waals surface area contributed by atoms with Crippen LogP contribution in [0.2, 0.25) is 0 Å². The summed E-state index contributed by atoms with van der Waals surface area (Å²) in [5.41, 5.74) is 4.71. The molecular formula is C26H28N2O5. The molecule has 7 heteroatoms. The summed E-state index contributed by atoms with van der Waals surface area (Å²) in [5.74, 6) is -1.46. The van der Waals surface area contributed by atoms with Gasteiger partial charge in [0.25, 0.3) is 0 Å². The van der Waals surface area contributed by atoms with Crippen LogP contribution in [-0.4, -0.2) is 53.7 Å². The van der Waals surface area contributed by atoms with Gasteiger partial charge in [0.2, 0.25) is 5.91 Å². The number of carbonyl (C=O) groups excluding carboxylic acids is 2. The van der Waals surface area contributed by atoms with E-state index in [0.717, 1.165) is 19.3 Å². The highest BCUT2D eigenvalue weighted by atomic mass is 16.5. The number of hydrogen-bond acceptors (Lipinski definition) is 4. The van der Waals surface area contributed by atoms with Crippen molar-refractivity contribution in [2.24, 2.45) is 11.8 Å². The number of hydrogen-bond donors (Lipinski definition) is 2. The Bertz CT molecular complexity index is 1030. The van der Waals surface area contributed by atoms with Gasteiger partial charge in [-0.3, -0.25) is 9.59 Å². The molecule has 0 bridgehead atoms. The van der Waals surface area contributed by atoms with Crippen molar-refractivity contribution in [3.05, 3.63) is 59.7 Å². The number of rotatable bonds is 5. The number of benzene rings is 2. The molecule has 7 nitrogen and oxygen atoms in total. The quantitative estimate of drug-likeness (QED) is 0.728. The van der Waals surface area contributed by atoms with Gasteiger partial charge in [0, 0.05) is 31.0 Å². The number of nitrogens with one attached hydrogen (secondary N) is 1. The molecule has 172 valence electrons. The second-order valence-corrected chi connectivity index (χ2v) is 9.31. The van der Waals surface area contributed by atoms with Crippen LogP contribution in [0.5, 0.6) is 0 Å². The highest BCUT2D eigenvalue weighted by Gasteiger charge is 2.39. The first-order valence-corrected chi connectivity index (χ1v) is 11.6. The molecule has 2 N–H and O–H groups in total. The maximum atomic E-state index is 12.7. The number of carboxylic acid groups (broad SMARTS) is 1. The van der Waals surface area contributed by atoms with Crippen molar-refractivity contribution in [3.8, 4) is 11.1 Å². The smallest absolute Gasteiger partial charge is 0.407 e. The lowest BCUT2D eigenvalue weighted by molar-refractivity contribution is -0.155. The van der Waals surface area contributed by atoms with Gasteiger partial charge in [-0.2, -0.15) is 0 Å². The standard InChI is InChI=1S/C26H28N2O5/c29-24(28-13-17(14-28)25(30)31)16-6-5-7-18(12-16)27-26(32)33-15-23-21-10-3-1-8-19(21)20-9-2-4-11-22(20)23/h1-4,8-11,16-18,23H,5-7,12-15H2,(H,27,32)(H,30,31)/t16-,18+/m0/s1. The summed E-state index contributed by atoms with van der Waals surface area (Å²) in [6, 6.07) is 16.3. The van der Waals surface area contributed by atoms with Crippen LogP contribution < -0.4 is 5.32 Å². The number of fused-ring (bicyclic) bond motifs is 3. The van der Waals surface area contributed by atoms with Crippen LogP contribution in [0.15, 0.2) is 48.5 Å². The van der Waals surface area contributed by atoms with Crippen LogP contribution in [-0.2, 0) is 14.3 Å². The average Bonchev–Trinajstić information content (AvgIpc) is 3.10. The average molecular weight is 449 g/mol. The maximum absolute atomic E-state index is 12.7. The van der Waals surface area contributed by atoms with E-state index in [9.17, 15) is 14.4 Å². The van der Waals surface area contributed by atoms with Crippen molar-refractivity contribution in [2.75, 3.05) is 19.7 Å². The van der Waals surface area contributed by atoms with E-state index in [4.69, 9.17) is 9.84 Å². The molecule has 2 atom stereocenters. The van der Waals surface area contributed by atoms with Gasteiger partial charge in [0.05, 0.1) is 5.92 Å². The Morgan fingerprint density at radius 1 is 0.939 bits per heavy atom. The summed E-state index contributed by atoms with van der Waals surface area (Å²) < 4.78 is 5.65. The fourth-order valence-electron chi connectivity index (χ4n) is 5.42. The third kappa shape index (κ3) is 4.19. The minimum Gasteiger partial charge on any atom is -0.481 e. The van der Waals surface area contributed by atoms with E-state index >= 15 is 0 Å². The topological polar surface area (TPSA) is 95.9 Å². The highest BCUT2D eigenvalue weighted by Crippen LogP contribution is 2.44. The number of carbonyl (C=O) groups is 3. The van der Waals surface area contributed by atoms with Crippen LogP contribution in [0.4, 0.5) is 4.79 Å². The lowest BCUT2D eigenvalue weighted by Gasteiger charge is -2.40. The minimum atomic E-state index is -0.850. The third-order valence-electron chi connectivity index (χ3n) is 7.23. The van der Waals surface area contributed by atoms with Crippen molar-refractivity contribution in [3.63, 3.8) is 0 Å². The molecule has 2 aromatic carbocycles. The predicted octanol–water partition coefficient (Wildman–Crippen LogP) is 3.63. The summed E-state index contributed by atoms with van der Waals surface area (Å²) in [6.07, 6.45) is 2.55. The molecule has 2 aliphatic carbocycles. The number of alkyl carbamates (subject to hydrolysis) is 1. The van der Waals surface area contributed by atoms with Crippen molar-refractivity contribution in [1.82, 2.24) is 10.2 Å². The van der Waals surface area contributed by atoms with Crippen LogP contribution in [0, 0.1) is 11.8 Å². The van der Waals surface area contributed by atoms with Gasteiger partial charge in [-0.25, -0.2) is 4.79 Å². The Balaban J connectivity index is 1.15. The molecule has 2 fully saturated rings. The van der Waals surface area contributed by atoms with Crippen molar-refractivity contribution in [2.45, 2.75) is 37.6 Å². The van der Waals surface area contributed by atoms with Crippen molar-refractivity contribution >= 4 is 18.0 Å². The Morgan fingerprint density at radius 3 is 2.21 bits per heavy atom. The Labute approximate surface area is 192 Å². The predicted molar refractivity (Wildman–Crippen MR) is 122 cm³/mol. The van der Waals surface area contributed by atoms with Gasteiger partial charge in [-0.05, 0) is 41.5 Å². The molecule has 33 heavy (non-hydrogen) atoms. The van der Waals surface area contributed by atoms with Crippen LogP contribution >= 0.6 is 0 Å². The first-order chi connectivity index (χ1) is 16.0. The summed E-state index contributed by atoms with van der Waals surface area (Å²) in [4.78, 5) is 37.9. The molecule has 2 aromatic rings. The van der Waals surface area contributed by atoms with E-state index in [1.807, 2.05) is 24.3 Å². The summed E-state index contributed by atoms with van der Waals surface area (Å²) in [7, 11) is 0. The number of ether oxygens (including phenoxy) is 1. The van der Waals surface area contributed by atoms with Crippen molar-refractivity contribution in [1.29, 1.82) is 0 Å². The van der Waals surface area contributed by atoms with Gasteiger partial charge in [0.15, 0.2) is 0 Å². The molecule has 0 spiro atoms. The van der Waals surface area contributed by atoms with E-state index in [1.165, 1.54) is 22.3 Å². The van der Waals surface area contributed by atoms with Crippen molar-refractivity contribution < 1.29 is 24.2 Å². The van der Waals surface area contributed by atoms with E-state index < -0.39 is 18.0 Å². The van der Waals surface area contributed by atoms with Crippen LogP contribution in [0.25, 0.3) is 11.1 Å².